The van der Waals surface area contributed by atoms with Gasteiger partial charge in [0.1, 0.15) is 0 Å². The lowest BCUT2D eigenvalue weighted by atomic mass is 9.96. The van der Waals surface area contributed by atoms with E-state index in [9.17, 15) is 10.1 Å². The van der Waals surface area contributed by atoms with E-state index in [4.69, 9.17) is 0 Å². The van der Waals surface area contributed by atoms with Gasteiger partial charge in [-0.3, -0.25) is 10.1 Å². The summed E-state index contributed by atoms with van der Waals surface area (Å²) in [5.74, 6) is 0. The zero-order valence-corrected chi connectivity index (χ0v) is 16.8. The zero-order valence-electron chi connectivity index (χ0n) is 15.2. The smallest absolute Gasteiger partial charge is 0.277 e. The van der Waals surface area contributed by atoms with Crippen molar-refractivity contribution in [2.75, 3.05) is 0 Å². The first-order valence-corrected chi connectivity index (χ1v) is 9.95. The van der Waals surface area contributed by atoms with Crippen LogP contribution in [0.4, 0.5) is 5.69 Å². The molecular weight excluding hydrogens is 428 g/mol. The van der Waals surface area contributed by atoms with Gasteiger partial charge in [-0.1, -0.05) is 64.5 Å². The van der Waals surface area contributed by atoms with E-state index in [-0.39, 0.29) is 10.6 Å². The average molecular weight is 443 g/mol. The summed E-state index contributed by atoms with van der Waals surface area (Å²) in [7, 11) is 0. The van der Waals surface area contributed by atoms with Gasteiger partial charge in [-0.15, -0.1) is 0 Å². The van der Waals surface area contributed by atoms with Crippen molar-refractivity contribution in [1.29, 1.82) is 0 Å². The second-order valence-corrected chi connectivity index (χ2v) is 7.76. The Bertz CT molecular complexity index is 1390. The van der Waals surface area contributed by atoms with E-state index in [0.29, 0.717) is 5.56 Å². The lowest BCUT2D eigenvalue weighted by molar-refractivity contribution is -0.384. The topological polar surface area (TPSA) is 48.1 Å². The van der Waals surface area contributed by atoms with E-state index in [1.807, 2.05) is 42.5 Å². The number of nitro benzene ring substituents is 1. The molecule has 0 aliphatic carbocycles. The molecule has 0 aliphatic rings. The maximum absolute atomic E-state index is 11.6. The molecule has 1 aromatic heterocycles. The van der Waals surface area contributed by atoms with Crippen LogP contribution in [0.15, 0.2) is 95.6 Å². The van der Waals surface area contributed by atoms with Crippen molar-refractivity contribution in [3.05, 3.63) is 106 Å². The van der Waals surface area contributed by atoms with Crippen LogP contribution in [-0.2, 0) is 0 Å². The Hall–Kier alpha value is -3.44. The van der Waals surface area contributed by atoms with Gasteiger partial charge in [-0.25, -0.2) is 0 Å². The van der Waals surface area contributed by atoms with Crippen molar-refractivity contribution in [3.8, 4) is 16.8 Å². The molecule has 0 fully saturated rings. The molecule has 0 bridgehead atoms. The van der Waals surface area contributed by atoms with E-state index in [1.165, 1.54) is 0 Å². The van der Waals surface area contributed by atoms with Gasteiger partial charge in [-0.2, -0.15) is 0 Å². The van der Waals surface area contributed by atoms with Gasteiger partial charge in [-0.05, 0) is 41.3 Å². The maximum atomic E-state index is 11.6. The lowest BCUT2D eigenvalue weighted by Gasteiger charge is -2.12. The van der Waals surface area contributed by atoms with Crippen molar-refractivity contribution in [1.82, 2.24) is 4.57 Å². The quantitative estimate of drug-likeness (QED) is 0.220. The first-order valence-electron chi connectivity index (χ1n) is 9.16. The van der Waals surface area contributed by atoms with E-state index in [2.05, 4.69) is 57.0 Å². The molecule has 0 amide bonds. The van der Waals surface area contributed by atoms with Gasteiger partial charge < -0.3 is 4.57 Å². The highest BCUT2D eigenvalue weighted by molar-refractivity contribution is 9.10. The molecule has 0 spiro atoms. The largest absolute Gasteiger partial charge is 0.316 e. The van der Waals surface area contributed by atoms with Gasteiger partial charge in [0.25, 0.3) is 5.69 Å². The highest BCUT2D eigenvalue weighted by Crippen LogP contribution is 2.39. The molecule has 5 heteroatoms. The molecule has 5 aromatic rings. The average Bonchev–Trinajstić information content (AvgIpc) is 3.18. The van der Waals surface area contributed by atoms with Crippen LogP contribution < -0.4 is 0 Å². The number of fused-ring (bicyclic) bond motifs is 3. The number of benzene rings is 4. The SMILES string of the molecule is O=[N+]([O-])c1ccc(Br)cc1-c1cccc2c1ccc1ccn(-c3ccccc3)c12. The molecule has 1 heterocycles. The zero-order chi connectivity index (χ0) is 20.0. The van der Waals surface area contributed by atoms with Crippen molar-refractivity contribution < 1.29 is 4.92 Å². The summed E-state index contributed by atoms with van der Waals surface area (Å²) in [5.41, 5.74) is 3.71. The summed E-state index contributed by atoms with van der Waals surface area (Å²) in [6.07, 6.45) is 2.06. The molecule has 140 valence electrons. The van der Waals surface area contributed by atoms with E-state index < -0.39 is 0 Å². The summed E-state index contributed by atoms with van der Waals surface area (Å²) < 4.78 is 2.97. The lowest BCUT2D eigenvalue weighted by Crippen LogP contribution is -1.94. The molecular formula is C24H15BrN2O2. The number of hydrogen-bond donors (Lipinski definition) is 0. The summed E-state index contributed by atoms with van der Waals surface area (Å²) in [5, 5.41) is 14.8. The number of hydrogen-bond acceptors (Lipinski definition) is 2. The van der Waals surface area contributed by atoms with E-state index >= 15 is 0 Å². The van der Waals surface area contributed by atoms with Crippen molar-refractivity contribution in [3.63, 3.8) is 0 Å². The minimum Gasteiger partial charge on any atom is -0.316 e. The number of halogens is 1. The summed E-state index contributed by atoms with van der Waals surface area (Å²) in [6, 6.07) is 27.4. The van der Waals surface area contributed by atoms with Gasteiger partial charge in [0.15, 0.2) is 0 Å². The second-order valence-electron chi connectivity index (χ2n) is 6.84. The number of nitro groups is 1. The van der Waals surface area contributed by atoms with E-state index in [0.717, 1.165) is 37.4 Å². The molecule has 0 N–H and O–H groups in total. The van der Waals surface area contributed by atoms with Gasteiger partial charge >= 0.3 is 0 Å². The van der Waals surface area contributed by atoms with E-state index in [1.54, 1.807) is 12.1 Å². The summed E-state index contributed by atoms with van der Waals surface area (Å²) >= 11 is 3.46. The van der Waals surface area contributed by atoms with Crippen molar-refractivity contribution in [2.45, 2.75) is 0 Å². The third kappa shape index (κ3) is 2.91. The fraction of sp³-hybridized carbons (Fsp3) is 0. The van der Waals surface area contributed by atoms with Crippen LogP contribution in [0.5, 0.6) is 0 Å². The van der Waals surface area contributed by atoms with Crippen LogP contribution >= 0.6 is 15.9 Å². The molecule has 0 unspecified atom stereocenters. The van der Waals surface area contributed by atoms with Gasteiger partial charge in [0, 0.05) is 33.2 Å². The molecule has 0 radical (unpaired) electrons. The third-order valence-corrected chi connectivity index (χ3v) is 5.68. The van der Waals surface area contributed by atoms with Crippen LogP contribution in [0, 0.1) is 10.1 Å². The molecule has 0 saturated carbocycles. The highest BCUT2D eigenvalue weighted by atomic mass is 79.9. The first kappa shape index (κ1) is 17.6. The first-order chi connectivity index (χ1) is 14.1. The Morgan fingerprint density at radius 1 is 0.793 bits per heavy atom. The van der Waals surface area contributed by atoms with Gasteiger partial charge in [0.2, 0.25) is 0 Å². The van der Waals surface area contributed by atoms with Crippen molar-refractivity contribution >= 4 is 43.3 Å². The Morgan fingerprint density at radius 2 is 1.62 bits per heavy atom. The molecule has 0 aliphatic heterocycles. The molecule has 29 heavy (non-hydrogen) atoms. The fourth-order valence-corrected chi connectivity index (χ4v) is 4.27. The predicted octanol–water partition coefficient (Wildman–Crippen LogP) is 7.12. The van der Waals surface area contributed by atoms with Crippen LogP contribution in [0.1, 0.15) is 0 Å². The standard InChI is InChI=1S/C24H15BrN2O2/c25-17-10-12-23(27(28)29)22(15-17)19-7-4-8-21-20(19)11-9-16-13-14-26(24(16)21)18-5-2-1-3-6-18/h1-15H. The molecule has 4 aromatic carbocycles. The normalized spacial score (nSPS) is 11.2. The minimum absolute atomic E-state index is 0.0965. The number of para-hydroxylation sites is 1. The predicted molar refractivity (Wildman–Crippen MR) is 121 cm³/mol. The van der Waals surface area contributed by atoms with Gasteiger partial charge in [0.05, 0.1) is 16.0 Å². The number of nitrogens with zero attached hydrogens (tertiary/aromatic N) is 2. The van der Waals surface area contributed by atoms with Crippen LogP contribution in [-0.4, -0.2) is 9.49 Å². The monoisotopic (exact) mass is 442 g/mol. The second kappa shape index (κ2) is 6.87. The number of rotatable bonds is 3. The minimum atomic E-state index is -0.328. The maximum Gasteiger partial charge on any atom is 0.277 e. The van der Waals surface area contributed by atoms with Crippen LogP contribution in [0.3, 0.4) is 0 Å². The number of aromatic nitrogens is 1. The third-order valence-electron chi connectivity index (χ3n) is 5.19. The Balaban J connectivity index is 1.85. The molecule has 0 atom stereocenters. The summed E-state index contributed by atoms with van der Waals surface area (Å²) in [4.78, 5) is 11.3. The summed E-state index contributed by atoms with van der Waals surface area (Å²) in [6.45, 7) is 0. The Morgan fingerprint density at radius 3 is 2.41 bits per heavy atom. The molecule has 4 nitrogen and oxygen atoms in total. The molecule has 5 rings (SSSR count). The fourth-order valence-electron chi connectivity index (χ4n) is 3.91. The molecule has 0 saturated heterocycles. The highest BCUT2D eigenvalue weighted by Gasteiger charge is 2.18. The van der Waals surface area contributed by atoms with Crippen LogP contribution in [0.2, 0.25) is 0 Å². The Kier molecular flexibility index (Phi) is 4.18. The Labute approximate surface area is 175 Å². The van der Waals surface area contributed by atoms with Crippen LogP contribution in [0.25, 0.3) is 38.5 Å². The van der Waals surface area contributed by atoms with Crippen molar-refractivity contribution in [2.24, 2.45) is 0 Å².